The number of nitrogens with one attached hydrogen (secondary N) is 1. The Morgan fingerprint density at radius 1 is 1.33 bits per heavy atom. The van der Waals surface area contributed by atoms with Crippen LogP contribution in [-0.2, 0) is 4.74 Å². The van der Waals surface area contributed by atoms with Gasteiger partial charge in [0.25, 0.3) is 5.56 Å². The molecule has 1 aromatic heterocycles. The van der Waals surface area contributed by atoms with Crippen molar-refractivity contribution in [2.24, 2.45) is 0 Å². The van der Waals surface area contributed by atoms with Gasteiger partial charge >= 0.3 is 5.69 Å². The van der Waals surface area contributed by atoms with Crippen LogP contribution in [0.5, 0.6) is 0 Å². The molecule has 0 spiro atoms. The largest absolute Gasteiger partial charge is 0.378 e. The third-order valence-electron chi connectivity index (χ3n) is 2.40. The third-order valence-corrected chi connectivity index (χ3v) is 2.40. The highest BCUT2D eigenvalue weighted by Gasteiger charge is 2.15. The maximum atomic E-state index is 11.7. The summed E-state index contributed by atoms with van der Waals surface area (Å²) in [5, 5.41) is 1.71. The smallest absolute Gasteiger partial charge is 0.347 e. The van der Waals surface area contributed by atoms with Crippen molar-refractivity contribution in [3.05, 3.63) is 32.6 Å². The van der Waals surface area contributed by atoms with Crippen LogP contribution >= 0.6 is 0 Å². The number of rotatable bonds is 1. The first-order chi connectivity index (χ1) is 7.20. The van der Waals surface area contributed by atoms with Gasteiger partial charge in [-0.3, -0.25) is 4.79 Å². The normalized spacial score (nSPS) is 16.7. The number of aryl methyl sites for hydroxylation is 1. The number of hydrogen-bond donors (Lipinski definition) is 1. The van der Waals surface area contributed by atoms with E-state index in [1.165, 1.54) is 6.20 Å². The van der Waals surface area contributed by atoms with E-state index in [9.17, 15) is 9.59 Å². The van der Waals surface area contributed by atoms with Gasteiger partial charge in [0.15, 0.2) is 0 Å². The summed E-state index contributed by atoms with van der Waals surface area (Å²) >= 11 is 0. The van der Waals surface area contributed by atoms with Crippen molar-refractivity contribution in [2.45, 2.75) is 6.92 Å². The predicted octanol–water partition coefficient (Wildman–Crippen LogP) is -1.19. The van der Waals surface area contributed by atoms with Gasteiger partial charge in [0, 0.05) is 11.8 Å². The maximum Gasteiger partial charge on any atom is 0.347 e. The van der Waals surface area contributed by atoms with Crippen LogP contribution in [0.4, 0.5) is 0 Å². The Labute approximate surface area is 86.1 Å². The van der Waals surface area contributed by atoms with Crippen molar-refractivity contribution in [3.8, 4) is 0 Å². The monoisotopic (exact) mass is 211 g/mol. The first-order valence-electron chi connectivity index (χ1n) is 4.84. The lowest BCUT2D eigenvalue weighted by Gasteiger charge is -2.28. The van der Waals surface area contributed by atoms with Crippen molar-refractivity contribution in [1.82, 2.24) is 9.66 Å². The topological polar surface area (TPSA) is 67.3 Å². The standard InChI is InChI=1S/C9H13N3O3/c1-7-6-10-9(14)12(8(7)13)11-2-4-15-5-3-11/h6H,2-5H2,1H3,(H,10,14). The molecule has 0 unspecified atom stereocenters. The summed E-state index contributed by atoms with van der Waals surface area (Å²) < 4.78 is 6.31. The molecule has 1 fully saturated rings. The van der Waals surface area contributed by atoms with Gasteiger partial charge in [-0.1, -0.05) is 0 Å². The van der Waals surface area contributed by atoms with E-state index in [2.05, 4.69) is 4.98 Å². The van der Waals surface area contributed by atoms with Gasteiger partial charge in [0.2, 0.25) is 0 Å². The summed E-state index contributed by atoms with van der Waals surface area (Å²) in [6.07, 6.45) is 1.43. The van der Waals surface area contributed by atoms with Crippen LogP contribution in [0.2, 0.25) is 0 Å². The molecule has 1 N–H and O–H groups in total. The van der Waals surface area contributed by atoms with Gasteiger partial charge in [-0.05, 0) is 6.92 Å². The van der Waals surface area contributed by atoms with E-state index in [0.717, 1.165) is 4.68 Å². The average molecular weight is 211 g/mol. The van der Waals surface area contributed by atoms with Crippen molar-refractivity contribution in [3.63, 3.8) is 0 Å². The van der Waals surface area contributed by atoms with Crippen LogP contribution < -0.4 is 16.3 Å². The molecule has 0 atom stereocenters. The molecule has 0 saturated carbocycles. The number of morpholine rings is 1. The molecule has 6 nitrogen and oxygen atoms in total. The highest BCUT2D eigenvalue weighted by Crippen LogP contribution is 1.92. The lowest BCUT2D eigenvalue weighted by atomic mass is 10.4. The SMILES string of the molecule is Cc1c[nH]c(=O)n(N2CCOCC2)c1=O. The molecule has 6 heteroatoms. The first-order valence-corrected chi connectivity index (χ1v) is 4.84. The minimum Gasteiger partial charge on any atom is -0.378 e. The highest BCUT2D eigenvalue weighted by molar-refractivity contribution is 5.04. The maximum absolute atomic E-state index is 11.7. The summed E-state index contributed by atoms with van der Waals surface area (Å²) in [4.78, 5) is 25.8. The summed E-state index contributed by atoms with van der Waals surface area (Å²) in [6, 6.07) is 0. The fourth-order valence-electron chi connectivity index (χ4n) is 1.56. The second kappa shape index (κ2) is 3.90. The van der Waals surface area contributed by atoms with E-state index in [4.69, 9.17) is 4.74 Å². The molecule has 0 aromatic carbocycles. The Morgan fingerprint density at radius 3 is 2.67 bits per heavy atom. The van der Waals surface area contributed by atoms with E-state index >= 15 is 0 Å². The molecule has 15 heavy (non-hydrogen) atoms. The molecule has 2 heterocycles. The first kappa shape index (κ1) is 9.97. The van der Waals surface area contributed by atoms with Crippen LogP contribution in [0.25, 0.3) is 0 Å². The molecular formula is C9H13N3O3. The Bertz CT molecular complexity index is 456. The fraction of sp³-hybridized carbons (Fsp3) is 0.556. The van der Waals surface area contributed by atoms with Gasteiger partial charge < -0.3 is 14.7 Å². The molecule has 1 saturated heterocycles. The van der Waals surface area contributed by atoms with Gasteiger partial charge in [0.1, 0.15) is 0 Å². The second-order valence-corrected chi connectivity index (χ2v) is 3.46. The van der Waals surface area contributed by atoms with Crippen molar-refractivity contribution >= 4 is 0 Å². The molecular weight excluding hydrogens is 198 g/mol. The average Bonchev–Trinajstić information content (AvgIpc) is 2.26. The number of aromatic nitrogens is 2. The summed E-state index contributed by atoms with van der Waals surface area (Å²) in [5.41, 5.74) is -0.130. The molecule has 82 valence electrons. The lowest BCUT2D eigenvalue weighted by molar-refractivity contribution is 0.110. The molecule has 0 aliphatic carbocycles. The highest BCUT2D eigenvalue weighted by atomic mass is 16.5. The zero-order valence-electron chi connectivity index (χ0n) is 8.52. The van der Waals surface area contributed by atoms with Crippen molar-refractivity contribution < 1.29 is 4.74 Å². The van der Waals surface area contributed by atoms with E-state index in [-0.39, 0.29) is 5.56 Å². The molecule has 1 aromatic rings. The number of H-pyrrole nitrogens is 1. The second-order valence-electron chi connectivity index (χ2n) is 3.46. The zero-order chi connectivity index (χ0) is 10.8. The molecule has 2 rings (SSSR count). The third kappa shape index (κ3) is 1.80. The van der Waals surface area contributed by atoms with E-state index in [1.807, 2.05) is 0 Å². The van der Waals surface area contributed by atoms with Crippen LogP contribution in [0, 0.1) is 6.92 Å². The van der Waals surface area contributed by atoms with E-state index in [0.29, 0.717) is 31.9 Å². The lowest BCUT2D eigenvalue weighted by Crippen LogP contribution is -2.55. The zero-order valence-corrected chi connectivity index (χ0v) is 8.52. The quantitative estimate of drug-likeness (QED) is 0.634. The van der Waals surface area contributed by atoms with E-state index in [1.54, 1.807) is 11.9 Å². The Morgan fingerprint density at radius 2 is 2.00 bits per heavy atom. The van der Waals surface area contributed by atoms with Crippen molar-refractivity contribution in [1.29, 1.82) is 0 Å². The number of ether oxygens (including phenoxy) is 1. The number of aromatic amines is 1. The van der Waals surface area contributed by atoms with Crippen LogP contribution in [-0.4, -0.2) is 36.0 Å². The van der Waals surface area contributed by atoms with Crippen LogP contribution in [0.1, 0.15) is 5.56 Å². The molecule has 0 amide bonds. The Balaban J connectivity index is 2.46. The van der Waals surface area contributed by atoms with Gasteiger partial charge in [0.05, 0.1) is 26.3 Å². The van der Waals surface area contributed by atoms with Gasteiger partial charge in [-0.25, -0.2) is 4.79 Å². The van der Waals surface area contributed by atoms with Crippen LogP contribution in [0.15, 0.2) is 15.8 Å². The number of hydrogen-bond acceptors (Lipinski definition) is 4. The summed E-state index contributed by atoms with van der Waals surface area (Å²) in [5.74, 6) is 0. The predicted molar refractivity (Wildman–Crippen MR) is 54.8 cm³/mol. The Hall–Kier alpha value is -1.56. The molecule has 1 aliphatic heterocycles. The summed E-state index contributed by atoms with van der Waals surface area (Å²) in [6.45, 7) is 3.88. The van der Waals surface area contributed by atoms with Gasteiger partial charge in [-0.15, -0.1) is 0 Å². The van der Waals surface area contributed by atoms with E-state index < -0.39 is 5.69 Å². The minimum absolute atomic E-state index is 0.263. The molecule has 0 radical (unpaired) electrons. The molecule has 0 bridgehead atoms. The fourth-order valence-corrected chi connectivity index (χ4v) is 1.56. The molecule has 1 aliphatic rings. The van der Waals surface area contributed by atoms with Crippen LogP contribution in [0.3, 0.4) is 0 Å². The van der Waals surface area contributed by atoms with Crippen molar-refractivity contribution in [2.75, 3.05) is 31.3 Å². The minimum atomic E-state index is -0.396. The van der Waals surface area contributed by atoms with Gasteiger partial charge in [-0.2, -0.15) is 4.68 Å². The summed E-state index contributed by atoms with van der Waals surface area (Å²) in [7, 11) is 0. The number of nitrogens with zero attached hydrogens (tertiary/aromatic N) is 2. The Kier molecular flexibility index (Phi) is 2.59.